The van der Waals surface area contributed by atoms with E-state index < -0.39 is 0 Å². The van der Waals surface area contributed by atoms with Crippen LogP contribution < -0.4 is 10.6 Å². The number of fused-ring (bicyclic) bond motifs is 1. The maximum absolute atomic E-state index is 12.5. The first-order valence-electron chi connectivity index (χ1n) is 9.25. The predicted octanol–water partition coefficient (Wildman–Crippen LogP) is 4.33. The fraction of sp³-hybridized carbons (Fsp3) is 0.286. The summed E-state index contributed by atoms with van der Waals surface area (Å²) in [6.07, 6.45) is 7.12. The summed E-state index contributed by atoms with van der Waals surface area (Å²) in [7, 11) is 0. The molecule has 5 nitrogen and oxygen atoms in total. The van der Waals surface area contributed by atoms with Gasteiger partial charge in [-0.05, 0) is 62.0 Å². The summed E-state index contributed by atoms with van der Waals surface area (Å²) in [6.45, 7) is 2.10. The van der Waals surface area contributed by atoms with E-state index in [0.717, 1.165) is 36.8 Å². The second kappa shape index (κ2) is 9.61. The molecule has 7 heteroatoms. The number of carbonyl (C=O) groups excluding carboxylic acids is 2. The highest BCUT2D eigenvalue weighted by Gasteiger charge is 2.26. The van der Waals surface area contributed by atoms with Crippen LogP contribution >= 0.6 is 23.6 Å². The zero-order valence-electron chi connectivity index (χ0n) is 15.6. The molecular weight excluding hydrogens is 392 g/mol. The Morgan fingerprint density at radius 2 is 1.96 bits per heavy atom. The van der Waals surface area contributed by atoms with Crippen molar-refractivity contribution in [3.05, 3.63) is 58.0 Å². The van der Waals surface area contributed by atoms with Gasteiger partial charge in [-0.15, -0.1) is 11.3 Å². The molecule has 146 valence electrons. The lowest BCUT2D eigenvalue weighted by Gasteiger charge is -2.12. The number of amides is 1. The summed E-state index contributed by atoms with van der Waals surface area (Å²) in [5, 5.41) is 6.45. The molecule has 1 aromatic carbocycles. The Morgan fingerprint density at radius 1 is 1.21 bits per heavy atom. The second-order valence-electron chi connectivity index (χ2n) is 6.32. The van der Waals surface area contributed by atoms with Crippen molar-refractivity contribution >= 4 is 51.6 Å². The van der Waals surface area contributed by atoms with Crippen molar-refractivity contribution < 1.29 is 14.3 Å². The van der Waals surface area contributed by atoms with Gasteiger partial charge in [0.25, 0.3) is 0 Å². The van der Waals surface area contributed by atoms with Crippen LogP contribution in [0.3, 0.4) is 0 Å². The zero-order chi connectivity index (χ0) is 19.9. The Hall–Kier alpha value is -2.51. The van der Waals surface area contributed by atoms with Crippen LogP contribution in [0.15, 0.2) is 36.4 Å². The van der Waals surface area contributed by atoms with Gasteiger partial charge in [0, 0.05) is 11.0 Å². The van der Waals surface area contributed by atoms with E-state index in [-0.39, 0.29) is 17.0 Å². The highest BCUT2D eigenvalue weighted by atomic mass is 32.1. The lowest BCUT2D eigenvalue weighted by Crippen LogP contribution is -2.33. The lowest BCUT2D eigenvalue weighted by molar-refractivity contribution is -0.115. The van der Waals surface area contributed by atoms with Gasteiger partial charge in [0.05, 0.1) is 12.2 Å². The van der Waals surface area contributed by atoms with Crippen LogP contribution in [0.5, 0.6) is 0 Å². The Labute approximate surface area is 173 Å². The molecule has 0 spiro atoms. The molecule has 0 fully saturated rings. The minimum atomic E-state index is -0.345. The SMILES string of the molecule is CCOC(=O)c1c(NC(=S)NC(=O)/C=C/c2ccccc2)sc2c1CCCC2. The third-order valence-corrected chi connectivity index (χ3v) is 5.75. The van der Waals surface area contributed by atoms with Crippen LogP contribution in [0.1, 0.15) is 46.1 Å². The average Bonchev–Trinajstić information content (AvgIpc) is 3.05. The first-order valence-corrected chi connectivity index (χ1v) is 10.5. The third kappa shape index (κ3) is 5.05. The number of hydrogen-bond donors (Lipinski definition) is 2. The number of benzene rings is 1. The van der Waals surface area contributed by atoms with Gasteiger partial charge in [0.2, 0.25) is 5.91 Å². The number of ether oxygens (including phenoxy) is 1. The van der Waals surface area contributed by atoms with Crippen molar-refractivity contribution in [2.75, 3.05) is 11.9 Å². The zero-order valence-corrected chi connectivity index (χ0v) is 17.3. The highest BCUT2D eigenvalue weighted by molar-refractivity contribution is 7.80. The molecular formula is C21H22N2O3S2. The number of aryl methyl sites for hydroxylation is 1. The molecule has 1 heterocycles. The van der Waals surface area contributed by atoms with Crippen LogP contribution in [-0.4, -0.2) is 23.6 Å². The molecule has 0 saturated carbocycles. The molecule has 1 aliphatic rings. The second-order valence-corrected chi connectivity index (χ2v) is 7.84. The Bertz CT molecular complexity index is 904. The van der Waals surface area contributed by atoms with Gasteiger partial charge in [-0.25, -0.2) is 4.79 Å². The predicted molar refractivity (Wildman–Crippen MR) is 117 cm³/mol. The largest absolute Gasteiger partial charge is 0.462 e. The summed E-state index contributed by atoms with van der Waals surface area (Å²) < 4.78 is 5.23. The lowest BCUT2D eigenvalue weighted by atomic mass is 9.95. The fourth-order valence-corrected chi connectivity index (χ4v) is 4.65. The van der Waals surface area contributed by atoms with Gasteiger partial charge < -0.3 is 10.1 Å². The summed E-state index contributed by atoms with van der Waals surface area (Å²) in [5.74, 6) is -0.678. The van der Waals surface area contributed by atoms with E-state index in [1.165, 1.54) is 22.3 Å². The monoisotopic (exact) mass is 414 g/mol. The first-order chi connectivity index (χ1) is 13.6. The van der Waals surface area contributed by atoms with Crippen LogP contribution in [0.2, 0.25) is 0 Å². The minimum absolute atomic E-state index is 0.159. The molecule has 0 radical (unpaired) electrons. The highest BCUT2D eigenvalue weighted by Crippen LogP contribution is 2.38. The van der Waals surface area contributed by atoms with E-state index in [9.17, 15) is 9.59 Å². The van der Waals surface area contributed by atoms with Gasteiger partial charge in [-0.2, -0.15) is 0 Å². The summed E-state index contributed by atoms with van der Waals surface area (Å²) in [6, 6.07) is 9.53. The number of thiophene rings is 1. The van der Waals surface area contributed by atoms with Crippen molar-refractivity contribution in [3.63, 3.8) is 0 Å². The Morgan fingerprint density at radius 3 is 2.71 bits per heavy atom. The average molecular weight is 415 g/mol. The van der Waals surface area contributed by atoms with Crippen molar-refractivity contribution in [1.29, 1.82) is 0 Å². The van der Waals surface area contributed by atoms with Crippen LogP contribution in [-0.2, 0) is 22.4 Å². The molecule has 2 N–H and O–H groups in total. The maximum atomic E-state index is 12.5. The smallest absolute Gasteiger partial charge is 0.341 e. The molecule has 0 unspecified atom stereocenters. The topological polar surface area (TPSA) is 67.4 Å². The van der Waals surface area contributed by atoms with E-state index in [0.29, 0.717) is 17.2 Å². The Balaban J connectivity index is 1.69. The van der Waals surface area contributed by atoms with Crippen LogP contribution in [0.4, 0.5) is 5.00 Å². The van der Waals surface area contributed by atoms with Gasteiger partial charge in [-0.1, -0.05) is 30.3 Å². The maximum Gasteiger partial charge on any atom is 0.341 e. The standard InChI is InChI=1S/C21H22N2O3S2/c1-2-26-20(25)18-15-10-6-7-11-16(15)28-19(18)23-21(27)22-17(24)13-12-14-8-4-3-5-9-14/h3-5,8-9,12-13H,2,6-7,10-11H2,1H3,(H2,22,23,24,27)/b13-12+. The molecule has 0 bridgehead atoms. The number of hydrogen-bond acceptors (Lipinski definition) is 5. The molecule has 3 rings (SSSR count). The number of nitrogens with one attached hydrogen (secondary N) is 2. The van der Waals surface area contributed by atoms with Crippen molar-refractivity contribution in [2.24, 2.45) is 0 Å². The molecule has 1 aliphatic carbocycles. The molecule has 0 atom stereocenters. The number of thiocarbonyl (C=S) groups is 1. The van der Waals surface area contributed by atoms with Crippen LogP contribution in [0.25, 0.3) is 6.08 Å². The van der Waals surface area contributed by atoms with E-state index >= 15 is 0 Å². The van der Waals surface area contributed by atoms with Gasteiger partial charge in [0.15, 0.2) is 5.11 Å². The molecule has 1 amide bonds. The minimum Gasteiger partial charge on any atom is -0.462 e. The molecule has 2 aromatic rings. The number of anilines is 1. The normalized spacial score (nSPS) is 13.0. The number of rotatable bonds is 5. The summed E-state index contributed by atoms with van der Waals surface area (Å²) in [4.78, 5) is 25.8. The fourth-order valence-electron chi connectivity index (χ4n) is 3.10. The van der Waals surface area contributed by atoms with Gasteiger partial charge in [0.1, 0.15) is 5.00 Å². The van der Waals surface area contributed by atoms with Crippen molar-refractivity contribution in [2.45, 2.75) is 32.6 Å². The number of carbonyl (C=O) groups is 2. The molecule has 1 aromatic heterocycles. The molecule has 0 saturated heterocycles. The van der Waals surface area contributed by atoms with E-state index in [2.05, 4.69) is 10.6 Å². The summed E-state index contributed by atoms with van der Waals surface area (Å²) in [5.41, 5.74) is 2.53. The third-order valence-electron chi connectivity index (χ3n) is 4.34. The van der Waals surface area contributed by atoms with Gasteiger partial charge in [-0.3, -0.25) is 10.1 Å². The van der Waals surface area contributed by atoms with Crippen molar-refractivity contribution in [1.82, 2.24) is 5.32 Å². The van der Waals surface area contributed by atoms with E-state index in [1.807, 2.05) is 30.3 Å². The molecule has 0 aliphatic heterocycles. The number of esters is 1. The van der Waals surface area contributed by atoms with Crippen molar-refractivity contribution in [3.8, 4) is 0 Å². The Kier molecular flexibility index (Phi) is 6.95. The molecule has 28 heavy (non-hydrogen) atoms. The van der Waals surface area contributed by atoms with E-state index in [4.69, 9.17) is 17.0 Å². The first kappa shape index (κ1) is 20.2. The summed E-state index contributed by atoms with van der Waals surface area (Å²) >= 11 is 6.79. The van der Waals surface area contributed by atoms with Crippen LogP contribution in [0, 0.1) is 0 Å². The van der Waals surface area contributed by atoms with Gasteiger partial charge >= 0.3 is 5.97 Å². The quantitative estimate of drug-likeness (QED) is 0.433. The van der Waals surface area contributed by atoms with E-state index in [1.54, 1.807) is 13.0 Å².